The summed E-state index contributed by atoms with van der Waals surface area (Å²) >= 11 is 5.30. The van der Waals surface area contributed by atoms with Crippen LogP contribution >= 0.6 is 27.3 Å². The Morgan fingerprint density at radius 2 is 2.18 bits per heavy atom. The molecule has 0 saturated carbocycles. The van der Waals surface area contributed by atoms with Gasteiger partial charge in [0.25, 0.3) is 0 Å². The molecule has 0 aliphatic rings. The van der Waals surface area contributed by atoms with Crippen LogP contribution in [0, 0.1) is 6.92 Å². The third-order valence-electron chi connectivity index (χ3n) is 2.75. The first-order chi connectivity index (χ1) is 8.08. The van der Waals surface area contributed by atoms with Crippen LogP contribution in [0.2, 0.25) is 0 Å². The highest BCUT2D eigenvalue weighted by molar-refractivity contribution is 9.10. The van der Waals surface area contributed by atoms with Crippen molar-refractivity contribution in [1.82, 2.24) is 0 Å². The van der Waals surface area contributed by atoms with Gasteiger partial charge in [0.1, 0.15) is 0 Å². The molecule has 17 heavy (non-hydrogen) atoms. The Balaban J connectivity index is 2.24. The van der Waals surface area contributed by atoms with Gasteiger partial charge in [-0.3, -0.25) is 0 Å². The maximum atomic E-state index is 5.88. The fourth-order valence-corrected chi connectivity index (χ4v) is 3.04. The van der Waals surface area contributed by atoms with Gasteiger partial charge >= 0.3 is 0 Å². The Bertz CT molecular complexity index is 508. The summed E-state index contributed by atoms with van der Waals surface area (Å²) in [5.74, 6) is 0. The van der Waals surface area contributed by atoms with E-state index in [1.807, 2.05) is 13.0 Å². The van der Waals surface area contributed by atoms with Gasteiger partial charge in [0.15, 0.2) is 0 Å². The van der Waals surface area contributed by atoms with Gasteiger partial charge in [-0.1, -0.05) is 0 Å². The molecule has 0 aliphatic carbocycles. The van der Waals surface area contributed by atoms with Crippen molar-refractivity contribution in [1.29, 1.82) is 0 Å². The highest BCUT2D eigenvalue weighted by Gasteiger charge is 2.09. The second-order valence-corrected chi connectivity index (χ2v) is 5.78. The van der Waals surface area contributed by atoms with Crippen molar-refractivity contribution in [2.24, 2.45) is 0 Å². The number of hydrogen-bond acceptors (Lipinski definition) is 3. The van der Waals surface area contributed by atoms with Gasteiger partial charge in [-0.2, -0.15) is 11.3 Å². The SMILES string of the molecule is Cc1cc(N(C)Cc2ccsc2)c(Br)cc1N. The molecule has 2 nitrogen and oxygen atoms in total. The average Bonchev–Trinajstić information content (AvgIpc) is 2.76. The van der Waals surface area contributed by atoms with Gasteiger partial charge in [0, 0.05) is 23.8 Å². The maximum absolute atomic E-state index is 5.88. The summed E-state index contributed by atoms with van der Waals surface area (Å²) in [7, 11) is 2.09. The predicted octanol–water partition coefficient (Wildman–Crippen LogP) is 4.04. The minimum atomic E-state index is 0.824. The summed E-state index contributed by atoms with van der Waals surface area (Å²) in [5.41, 5.74) is 10.3. The number of aryl methyl sites for hydroxylation is 1. The highest BCUT2D eigenvalue weighted by Crippen LogP contribution is 2.31. The van der Waals surface area contributed by atoms with Crippen molar-refractivity contribution in [2.75, 3.05) is 17.7 Å². The molecule has 2 rings (SSSR count). The molecule has 0 unspecified atom stereocenters. The third-order valence-corrected chi connectivity index (χ3v) is 4.11. The van der Waals surface area contributed by atoms with E-state index >= 15 is 0 Å². The van der Waals surface area contributed by atoms with Crippen molar-refractivity contribution in [2.45, 2.75) is 13.5 Å². The van der Waals surface area contributed by atoms with E-state index in [9.17, 15) is 0 Å². The van der Waals surface area contributed by atoms with Crippen LogP contribution < -0.4 is 10.6 Å². The van der Waals surface area contributed by atoms with Crippen LogP contribution in [0.15, 0.2) is 33.4 Å². The summed E-state index contributed by atoms with van der Waals surface area (Å²) < 4.78 is 1.04. The number of nitrogen functional groups attached to an aromatic ring is 1. The molecular formula is C13H15BrN2S. The number of hydrogen-bond donors (Lipinski definition) is 1. The number of halogens is 1. The Hall–Kier alpha value is -1.00. The molecule has 0 bridgehead atoms. The van der Waals surface area contributed by atoms with Gasteiger partial charge in [-0.25, -0.2) is 0 Å². The second kappa shape index (κ2) is 5.10. The lowest BCUT2D eigenvalue weighted by atomic mass is 10.1. The lowest BCUT2D eigenvalue weighted by Gasteiger charge is -2.21. The molecule has 4 heteroatoms. The van der Waals surface area contributed by atoms with Crippen LogP contribution in [0.3, 0.4) is 0 Å². The average molecular weight is 311 g/mol. The fourth-order valence-electron chi connectivity index (χ4n) is 1.72. The topological polar surface area (TPSA) is 29.3 Å². The monoisotopic (exact) mass is 310 g/mol. The zero-order valence-corrected chi connectivity index (χ0v) is 12.3. The molecule has 1 aromatic carbocycles. The minimum Gasteiger partial charge on any atom is -0.398 e. The predicted molar refractivity (Wildman–Crippen MR) is 79.7 cm³/mol. The van der Waals surface area contributed by atoms with Crippen LogP contribution in [-0.4, -0.2) is 7.05 Å². The van der Waals surface area contributed by atoms with Crippen LogP contribution in [0.25, 0.3) is 0 Å². The summed E-state index contributed by atoms with van der Waals surface area (Å²) in [4.78, 5) is 2.22. The zero-order chi connectivity index (χ0) is 12.4. The van der Waals surface area contributed by atoms with E-state index < -0.39 is 0 Å². The lowest BCUT2D eigenvalue weighted by molar-refractivity contribution is 0.923. The molecule has 0 aliphatic heterocycles. The van der Waals surface area contributed by atoms with Crippen molar-refractivity contribution in [3.05, 3.63) is 44.6 Å². The number of anilines is 2. The van der Waals surface area contributed by atoms with Crippen LogP contribution in [0.1, 0.15) is 11.1 Å². The molecule has 0 spiro atoms. The molecule has 1 heterocycles. The molecular weight excluding hydrogens is 296 g/mol. The smallest absolute Gasteiger partial charge is 0.0515 e. The number of nitrogens with zero attached hydrogens (tertiary/aromatic N) is 1. The van der Waals surface area contributed by atoms with E-state index in [1.54, 1.807) is 11.3 Å². The maximum Gasteiger partial charge on any atom is 0.0515 e. The quantitative estimate of drug-likeness (QED) is 0.867. The molecule has 0 fully saturated rings. The summed E-state index contributed by atoms with van der Waals surface area (Å²) in [6.45, 7) is 2.94. The van der Waals surface area contributed by atoms with Gasteiger partial charge in [-0.05, 0) is 62.9 Å². The summed E-state index contributed by atoms with van der Waals surface area (Å²) in [6.07, 6.45) is 0. The Morgan fingerprint density at radius 3 is 2.82 bits per heavy atom. The zero-order valence-electron chi connectivity index (χ0n) is 9.90. The number of benzene rings is 1. The highest BCUT2D eigenvalue weighted by atomic mass is 79.9. The minimum absolute atomic E-state index is 0.824. The van der Waals surface area contributed by atoms with Gasteiger partial charge < -0.3 is 10.6 Å². The largest absolute Gasteiger partial charge is 0.398 e. The van der Waals surface area contributed by atoms with Gasteiger partial charge in [-0.15, -0.1) is 0 Å². The molecule has 1 aromatic heterocycles. The van der Waals surface area contributed by atoms with Crippen molar-refractivity contribution < 1.29 is 0 Å². The normalized spacial score (nSPS) is 10.5. The van der Waals surface area contributed by atoms with Gasteiger partial charge in [0.05, 0.1) is 5.69 Å². The van der Waals surface area contributed by atoms with Crippen molar-refractivity contribution >= 4 is 38.6 Å². The number of nitrogens with two attached hydrogens (primary N) is 1. The Labute approximate surface area is 114 Å². The summed E-state index contributed by atoms with van der Waals surface area (Å²) in [6, 6.07) is 6.24. The standard InChI is InChI=1S/C13H15BrN2S/c1-9-5-13(11(14)6-12(9)15)16(2)7-10-3-4-17-8-10/h3-6,8H,7,15H2,1-2H3. The van der Waals surface area contributed by atoms with E-state index in [1.165, 1.54) is 11.3 Å². The van der Waals surface area contributed by atoms with Crippen molar-refractivity contribution in [3.63, 3.8) is 0 Å². The first kappa shape index (κ1) is 12.5. The summed E-state index contributed by atoms with van der Waals surface area (Å²) in [5, 5.41) is 4.28. The van der Waals surface area contributed by atoms with E-state index in [4.69, 9.17) is 5.73 Å². The van der Waals surface area contributed by atoms with Crippen molar-refractivity contribution in [3.8, 4) is 0 Å². The van der Waals surface area contributed by atoms with E-state index in [0.717, 1.165) is 22.3 Å². The molecule has 0 atom stereocenters. The van der Waals surface area contributed by atoms with Crippen LogP contribution in [-0.2, 0) is 6.54 Å². The molecule has 0 saturated heterocycles. The molecule has 2 N–H and O–H groups in total. The molecule has 0 radical (unpaired) electrons. The molecule has 2 aromatic rings. The van der Waals surface area contributed by atoms with E-state index in [2.05, 4.69) is 50.8 Å². The first-order valence-corrected chi connectivity index (χ1v) is 7.09. The molecule has 90 valence electrons. The van der Waals surface area contributed by atoms with Gasteiger partial charge in [0.2, 0.25) is 0 Å². The number of rotatable bonds is 3. The van der Waals surface area contributed by atoms with E-state index in [0.29, 0.717) is 0 Å². The third kappa shape index (κ3) is 2.82. The Morgan fingerprint density at radius 1 is 1.41 bits per heavy atom. The van der Waals surface area contributed by atoms with Crippen LogP contribution in [0.4, 0.5) is 11.4 Å². The second-order valence-electron chi connectivity index (χ2n) is 4.15. The Kier molecular flexibility index (Phi) is 3.74. The van der Waals surface area contributed by atoms with Crippen LogP contribution in [0.5, 0.6) is 0 Å². The lowest BCUT2D eigenvalue weighted by Crippen LogP contribution is -2.16. The first-order valence-electron chi connectivity index (χ1n) is 5.36. The van der Waals surface area contributed by atoms with E-state index in [-0.39, 0.29) is 0 Å². The number of thiophene rings is 1. The molecule has 0 amide bonds. The fraction of sp³-hybridized carbons (Fsp3) is 0.231.